The lowest BCUT2D eigenvalue weighted by atomic mass is 10.2. The Bertz CT molecular complexity index is 499. The summed E-state index contributed by atoms with van der Waals surface area (Å²) in [6.45, 7) is 0. The second-order valence-corrected chi connectivity index (χ2v) is 3.81. The molecule has 16 heavy (non-hydrogen) atoms. The van der Waals surface area contributed by atoms with Gasteiger partial charge in [-0.15, -0.1) is 0 Å². The van der Waals surface area contributed by atoms with Gasteiger partial charge in [0.15, 0.2) is 11.0 Å². The van der Waals surface area contributed by atoms with Gasteiger partial charge in [-0.2, -0.15) is 9.36 Å². The van der Waals surface area contributed by atoms with Crippen molar-refractivity contribution in [3.63, 3.8) is 0 Å². The molecule has 0 bridgehead atoms. The first-order valence-electron chi connectivity index (χ1n) is 4.56. The average Bonchev–Trinajstić information content (AvgIpc) is 2.75. The van der Waals surface area contributed by atoms with Crippen molar-refractivity contribution in [1.82, 2.24) is 9.36 Å². The molecule has 1 aromatic carbocycles. The molecule has 0 fully saturated rings. The zero-order chi connectivity index (χ0) is 11.5. The van der Waals surface area contributed by atoms with E-state index in [4.69, 9.17) is 15.2 Å². The Morgan fingerprint density at radius 2 is 2.06 bits per heavy atom. The molecule has 0 unspecified atom stereocenters. The molecule has 0 saturated heterocycles. The van der Waals surface area contributed by atoms with Crippen molar-refractivity contribution in [3.05, 3.63) is 18.2 Å². The smallest absolute Gasteiger partial charge is 0.200 e. The Balaban J connectivity index is 2.52. The predicted octanol–water partition coefficient (Wildman–Crippen LogP) is 1.80. The normalized spacial score (nSPS) is 10.1. The van der Waals surface area contributed by atoms with Gasteiger partial charge in [0, 0.05) is 11.5 Å². The van der Waals surface area contributed by atoms with Gasteiger partial charge in [-0.25, -0.2) is 0 Å². The zero-order valence-electron chi connectivity index (χ0n) is 8.93. The van der Waals surface area contributed by atoms with Crippen LogP contribution < -0.4 is 15.2 Å². The summed E-state index contributed by atoms with van der Waals surface area (Å²) in [5.41, 5.74) is 6.32. The molecule has 2 N–H and O–H groups in total. The third kappa shape index (κ3) is 1.92. The van der Waals surface area contributed by atoms with Gasteiger partial charge in [0.25, 0.3) is 0 Å². The van der Waals surface area contributed by atoms with Crippen molar-refractivity contribution in [3.8, 4) is 22.9 Å². The van der Waals surface area contributed by atoms with Crippen molar-refractivity contribution < 1.29 is 9.47 Å². The van der Waals surface area contributed by atoms with E-state index in [2.05, 4.69) is 9.36 Å². The van der Waals surface area contributed by atoms with Crippen LogP contribution in [0.2, 0.25) is 0 Å². The lowest BCUT2D eigenvalue weighted by Gasteiger charge is -2.07. The van der Waals surface area contributed by atoms with Crippen LogP contribution in [0, 0.1) is 0 Å². The van der Waals surface area contributed by atoms with Crippen molar-refractivity contribution in [2.24, 2.45) is 0 Å². The second kappa shape index (κ2) is 4.36. The van der Waals surface area contributed by atoms with Gasteiger partial charge >= 0.3 is 0 Å². The summed E-state index contributed by atoms with van der Waals surface area (Å²) in [6.07, 6.45) is 0. The first kappa shape index (κ1) is 10.7. The number of hydrogen-bond acceptors (Lipinski definition) is 6. The van der Waals surface area contributed by atoms with E-state index >= 15 is 0 Å². The minimum absolute atomic E-state index is 0.430. The molecule has 2 aromatic rings. The largest absolute Gasteiger partial charge is 0.497 e. The van der Waals surface area contributed by atoms with Gasteiger partial charge in [-0.05, 0) is 18.2 Å². The lowest BCUT2D eigenvalue weighted by molar-refractivity contribution is 0.404. The van der Waals surface area contributed by atoms with E-state index in [1.807, 2.05) is 18.2 Å². The van der Waals surface area contributed by atoms with Crippen LogP contribution >= 0.6 is 11.5 Å². The molecule has 0 spiro atoms. The van der Waals surface area contributed by atoms with Crippen LogP contribution in [0.25, 0.3) is 11.4 Å². The van der Waals surface area contributed by atoms with E-state index < -0.39 is 0 Å². The summed E-state index contributed by atoms with van der Waals surface area (Å²) in [5, 5.41) is 0.430. The van der Waals surface area contributed by atoms with Crippen LogP contribution in [-0.4, -0.2) is 23.6 Å². The third-order valence-corrected chi connectivity index (χ3v) is 2.63. The van der Waals surface area contributed by atoms with Crippen LogP contribution in [0.4, 0.5) is 5.13 Å². The fraction of sp³-hybridized carbons (Fsp3) is 0.200. The quantitative estimate of drug-likeness (QED) is 0.881. The van der Waals surface area contributed by atoms with Gasteiger partial charge in [0.1, 0.15) is 11.5 Å². The zero-order valence-corrected chi connectivity index (χ0v) is 9.75. The van der Waals surface area contributed by atoms with Crippen LogP contribution in [0.1, 0.15) is 0 Å². The summed E-state index contributed by atoms with van der Waals surface area (Å²) in [5.74, 6) is 1.97. The summed E-state index contributed by atoms with van der Waals surface area (Å²) >= 11 is 1.15. The summed E-state index contributed by atoms with van der Waals surface area (Å²) in [4.78, 5) is 4.11. The molecule has 0 radical (unpaired) electrons. The maximum absolute atomic E-state index is 5.55. The number of nitrogen functional groups attached to an aromatic ring is 1. The third-order valence-electron chi connectivity index (χ3n) is 2.09. The number of ether oxygens (including phenoxy) is 2. The number of aromatic nitrogens is 2. The van der Waals surface area contributed by atoms with Crippen LogP contribution in [0.5, 0.6) is 11.5 Å². The number of hydrogen-bond donors (Lipinski definition) is 1. The van der Waals surface area contributed by atoms with E-state index in [1.165, 1.54) is 0 Å². The molecule has 0 atom stereocenters. The molecule has 1 heterocycles. The molecular formula is C10H11N3O2S. The molecule has 0 aliphatic rings. The van der Waals surface area contributed by atoms with Gasteiger partial charge in [0.2, 0.25) is 0 Å². The second-order valence-electron chi connectivity index (χ2n) is 3.02. The van der Waals surface area contributed by atoms with Crippen molar-refractivity contribution in [2.45, 2.75) is 0 Å². The molecule has 5 nitrogen and oxygen atoms in total. The molecule has 84 valence electrons. The SMILES string of the molecule is COc1ccc(OC)c(-c2nsc(N)n2)c1. The predicted molar refractivity (Wildman–Crippen MR) is 62.9 cm³/mol. The Hall–Kier alpha value is -1.82. The maximum Gasteiger partial charge on any atom is 0.200 e. The van der Waals surface area contributed by atoms with Gasteiger partial charge in [0.05, 0.1) is 19.8 Å². The molecule has 0 aliphatic carbocycles. The van der Waals surface area contributed by atoms with E-state index in [-0.39, 0.29) is 0 Å². The van der Waals surface area contributed by atoms with Crippen LogP contribution in [-0.2, 0) is 0 Å². The Kier molecular flexibility index (Phi) is 2.91. The summed E-state index contributed by atoms with van der Waals surface area (Å²) in [7, 11) is 3.20. The molecular weight excluding hydrogens is 226 g/mol. The summed E-state index contributed by atoms with van der Waals surface area (Å²) in [6, 6.07) is 5.45. The van der Waals surface area contributed by atoms with Gasteiger partial charge < -0.3 is 15.2 Å². The highest BCUT2D eigenvalue weighted by atomic mass is 32.1. The number of nitrogens with two attached hydrogens (primary N) is 1. The van der Waals surface area contributed by atoms with E-state index in [9.17, 15) is 0 Å². The van der Waals surface area contributed by atoms with Crippen LogP contribution in [0.15, 0.2) is 18.2 Å². The number of benzene rings is 1. The molecule has 0 amide bonds. The first-order chi connectivity index (χ1) is 7.74. The highest BCUT2D eigenvalue weighted by molar-refractivity contribution is 7.09. The minimum Gasteiger partial charge on any atom is -0.497 e. The molecule has 2 rings (SSSR count). The number of anilines is 1. The topological polar surface area (TPSA) is 70.3 Å². The van der Waals surface area contributed by atoms with Crippen molar-refractivity contribution >= 4 is 16.7 Å². The Labute approximate surface area is 97.0 Å². The van der Waals surface area contributed by atoms with E-state index in [0.29, 0.717) is 16.7 Å². The van der Waals surface area contributed by atoms with Crippen molar-refractivity contribution in [1.29, 1.82) is 0 Å². The maximum atomic E-state index is 5.55. The van der Waals surface area contributed by atoms with E-state index in [0.717, 1.165) is 22.8 Å². The molecule has 0 aliphatic heterocycles. The number of rotatable bonds is 3. The van der Waals surface area contributed by atoms with Gasteiger partial charge in [-0.1, -0.05) is 0 Å². The summed E-state index contributed by atoms with van der Waals surface area (Å²) < 4.78 is 14.5. The van der Waals surface area contributed by atoms with Crippen LogP contribution in [0.3, 0.4) is 0 Å². The first-order valence-corrected chi connectivity index (χ1v) is 5.33. The average molecular weight is 237 g/mol. The highest BCUT2D eigenvalue weighted by Crippen LogP contribution is 2.32. The molecule has 1 aromatic heterocycles. The Morgan fingerprint density at radius 3 is 2.62 bits per heavy atom. The lowest BCUT2D eigenvalue weighted by Crippen LogP contribution is -1.91. The molecule has 0 saturated carbocycles. The van der Waals surface area contributed by atoms with E-state index in [1.54, 1.807) is 14.2 Å². The minimum atomic E-state index is 0.430. The Morgan fingerprint density at radius 1 is 1.25 bits per heavy atom. The monoisotopic (exact) mass is 237 g/mol. The fourth-order valence-corrected chi connectivity index (χ4v) is 1.78. The molecule has 6 heteroatoms. The fourth-order valence-electron chi connectivity index (χ4n) is 1.33. The van der Waals surface area contributed by atoms with Gasteiger partial charge in [-0.3, -0.25) is 0 Å². The van der Waals surface area contributed by atoms with Crippen molar-refractivity contribution in [2.75, 3.05) is 20.0 Å². The standard InChI is InChI=1S/C10H11N3O2S/c1-14-6-3-4-8(15-2)7(5-6)9-12-10(11)16-13-9/h3-5H,1-2H3,(H2,11,12,13). The number of nitrogens with zero attached hydrogens (tertiary/aromatic N) is 2. The number of methoxy groups -OCH3 is 2. The highest BCUT2D eigenvalue weighted by Gasteiger charge is 2.12.